The Hall–Kier alpha value is -2.78. The summed E-state index contributed by atoms with van der Waals surface area (Å²) in [5.74, 6) is 0.407. The van der Waals surface area contributed by atoms with E-state index >= 15 is 0 Å². The first-order valence-corrected chi connectivity index (χ1v) is 12.4. The zero-order chi connectivity index (χ0) is 23.8. The molecule has 0 saturated carbocycles. The standard InChI is InChI=1S/C24H26O7S2/c1-4-30-23(27)24(15-32-13-16-5-9-18(28-2)10-6-16)21(20(25)22(26)31-24)33-14-17-7-11-19(29-3)12-8-17/h5-12,25H,4,13-15H2,1-3H3. The molecule has 2 aromatic rings. The van der Waals surface area contributed by atoms with Crippen molar-refractivity contribution in [2.45, 2.75) is 24.0 Å². The fourth-order valence-corrected chi connectivity index (χ4v) is 5.55. The average molecular weight is 491 g/mol. The lowest BCUT2D eigenvalue weighted by Crippen LogP contribution is -2.44. The second-order valence-electron chi connectivity index (χ2n) is 7.09. The van der Waals surface area contributed by atoms with E-state index in [1.165, 1.54) is 23.5 Å². The number of aliphatic hydroxyl groups is 1. The monoisotopic (exact) mass is 490 g/mol. The lowest BCUT2D eigenvalue weighted by Gasteiger charge is -2.27. The van der Waals surface area contributed by atoms with E-state index < -0.39 is 23.3 Å². The number of rotatable bonds is 11. The van der Waals surface area contributed by atoms with E-state index in [-0.39, 0.29) is 17.3 Å². The van der Waals surface area contributed by atoms with Gasteiger partial charge in [-0.25, -0.2) is 9.59 Å². The maximum Gasteiger partial charge on any atom is 0.375 e. The summed E-state index contributed by atoms with van der Waals surface area (Å²) in [6, 6.07) is 15.0. The molecule has 176 valence electrons. The van der Waals surface area contributed by atoms with Crippen LogP contribution in [0.15, 0.2) is 59.2 Å². The van der Waals surface area contributed by atoms with E-state index in [1.807, 2.05) is 48.5 Å². The molecular formula is C24H26O7S2. The maximum absolute atomic E-state index is 13.0. The summed E-state index contributed by atoms with van der Waals surface area (Å²) in [7, 11) is 3.19. The largest absolute Gasteiger partial charge is 0.501 e. The Morgan fingerprint density at radius 1 is 0.970 bits per heavy atom. The third-order valence-corrected chi connectivity index (χ3v) is 7.36. The number of hydrogen-bond acceptors (Lipinski definition) is 9. The number of benzene rings is 2. The molecule has 9 heteroatoms. The highest BCUT2D eigenvalue weighted by Crippen LogP contribution is 2.44. The van der Waals surface area contributed by atoms with Crippen LogP contribution in [0.1, 0.15) is 18.1 Å². The van der Waals surface area contributed by atoms with E-state index in [9.17, 15) is 14.7 Å². The molecule has 7 nitrogen and oxygen atoms in total. The Morgan fingerprint density at radius 3 is 2.03 bits per heavy atom. The van der Waals surface area contributed by atoms with Crippen molar-refractivity contribution in [3.05, 3.63) is 70.3 Å². The fourth-order valence-electron chi connectivity index (χ4n) is 3.17. The molecule has 0 aliphatic carbocycles. The number of ether oxygens (including phenoxy) is 4. The molecule has 1 unspecified atom stereocenters. The van der Waals surface area contributed by atoms with Gasteiger partial charge in [-0.2, -0.15) is 11.8 Å². The molecule has 0 bridgehead atoms. The zero-order valence-electron chi connectivity index (χ0n) is 18.7. The molecule has 1 aliphatic heterocycles. The Bertz CT molecular complexity index is 1000. The van der Waals surface area contributed by atoms with Crippen molar-refractivity contribution < 1.29 is 33.6 Å². The van der Waals surface area contributed by atoms with Crippen molar-refractivity contribution >= 4 is 35.5 Å². The third kappa shape index (κ3) is 5.78. The molecule has 1 atom stereocenters. The smallest absolute Gasteiger partial charge is 0.375 e. The van der Waals surface area contributed by atoms with Crippen LogP contribution in [-0.2, 0) is 30.6 Å². The van der Waals surface area contributed by atoms with E-state index in [4.69, 9.17) is 18.9 Å². The highest BCUT2D eigenvalue weighted by Gasteiger charge is 2.55. The van der Waals surface area contributed by atoms with Crippen LogP contribution >= 0.6 is 23.5 Å². The lowest BCUT2D eigenvalue weighted by atomic mass is 10.1. The van der Waals surface area contributed by atoms with Gasteiger partial charge in [-0.3, -0.25) is 0 Å². The predicted molar refractivity (Wildman–Crippen MR) is 129 cm³/mol. The van der Waals surface area contributed by atoms with Gasteiger partial charge in [0.2, 0.25) is 5.76 Å². The molecule has 0 radical (unpaired) electrons. The first-order chi connectivity index (χ1) is 15.9. The number of esters is 2. The minimum Gasteiger partial charge on any atom is -0.501 e. The van der Waals surface area contributed by atoms with Gasteiger partial charge in [0.05, 0.1) is 25.7 Å². The summed E-state index contributed by atoms with van der Waals surface area (Å²) in [5.41, 5.74) is 0.264. The lowest BCUT2D eigenvalue weighted by molar-refractivity contribution is -0.169. The third-order valence-electron chi connectivity index (χ3n) is 4.92. The number of hydrogen-bond donors (Lipinski definition) is 1. The van der Waals surface area contributed by atoms with Crippen molar-refractivity contribution in [2.75, 3.05) is 26.6 Å². The number of carbonyl (C=O) groups excluding carboxylic acids is 2. The van der Waals surface area contributed by atoms with Crippen LogP contribution in [0.25, 0.3) is 0 Å². The van der Waals surface area contributed by atoms with Crippen molar-refractivity contribution in [3.8, 4) is 11.5 Å². The summed E-state index contributed by atoms with van der Waals surface area (Å²) in [5, 5.41) is 10.5. The van der Waals surface area contributed by atoms with Crippen LogP contribution in [0.3, 0.4) is 0 Å². The van der Waals surface area contributed by atoms with Crippen molar-refractivity contribution in [1.82, 2.24) is 0 Å². The number of carbonyl (C=O) groups is 2. The van der Waals surface area contributed by atoms with Crippen LogP contribution in [-0.4, -0.2) is 49.2 Å². The van der Waals surface area contributed by atoms with Gasteiger partial charge < -0.3 is 24.1 Å². The first kappa shape index (κ1) is 24.9. The molecule has 2 aromatic carbocycles. The van der Waals surface area contributed by atoms with Crippen molar-refractivity contribution in [2.24, 2.45) is 0 Å². The summed E-state index contributed by atoms with van der Waals surface area (Å²) in [6.45, 7) is 1.80. The van der Waals surface area contributed by atoms with Crippen LogP contribution in [0.5, 0.6) is 11.5 Å². The highest BCUT2D eigenvalue weighted by molar-refractivity contribution is 8.02. The fraction of sp³-hybridized carbons (Fsp3) is 0.333. The maximum atomic E-state index is 13.0. The molecule has 1 N–H and O–H groups in total. The molecule has 0 amide bonds. The second kappa shape index (κ2) is 11.4. The van der Waals surface area contributed by atoms with E-state index in [0.29, 0.717) is 11.5 Å². The Kier molecular flexibility index (Phi) is 8.57. The van der Waals surface area contributed by atoms with Gasteiger partial charge in [-0.15, -0.1) is 11.8 Å². The number of cyclic esters (lactones) is 1. The minimum atomic E-state index is -1.69. The normalized spacial score (nSPS) is 17.6. The molecule has 3 rings (SSSR count). The molecular weight excluding hydrogens is 464 g/mol. The average Bonchev–Trinajstić information content (AvgIpc) is 3.08. The summed E-state index contributed by atoms with van der Waals surface area (Å²) in [4.78, 5) is 25.5. The van der Waals surface area contributed by atoms with Crippen LogP contribution in [0.2, 0.25) is 0 Å². The molecule has 0 spiro atoms. The van der Waals surface area contributed by atoms with Gasteiger partial charge in [0.1, 0.15) is 11.5 Å². The van der Waals surface area contributed by atoms with Gasteiger partial charge in [0.25, 0.3) is 5.60 Å². The van der Waals surface area contributed by atoms with E-state index in [2.05, 4.69) is 0 Å². The Balaban J connectivity index is 1.78. The number of aliphatic hydroxyl groups excluding tert-OH is 1. The van der Waals surface area contributed by atoms with Gasteiger partial charge >= 0.3 is 11.9 Å². The Morgan fingerprint density at radius 2 is 1.52 bits per heavy atom. The first-order valence-electron chi connectivity index (χ1n) is 10.2. The van der Waals surface area contributed by atoms with Gasteiger partial charge in [0, 0.05) is 17.3 Å². The quantitative estimate of drug-likeness (QED) is 0.457. The summed E-state index contributed by atoms with van der Waals surface area (Å²) in [6.07, 6.45) is 0. The second-order valence-corrected chi connectivity index (χ2v) is 9.06. The van der Waals surface area contributed by atoms with Crippen LogP contribution < -0.4 is 9.47 Å². The van der Waals surface area contributed by atoms with E-state index in [0.717, 1.165) is 22.6 Å². The number of thioether (sulfide) groups is 2. The summed E-state index contributed by atoms with van der Waals surface area (Å²) < 4.78 is 21.1. The Labute approximate surface area is 201 Å². The number of methoxy groups -OCH3 is 2. The predicted octanol–water partition coefficient (Wildman–Crippen LogP) is 4.50. The van der Waals surface area contributed by atoms with Crippen LogP contribution in [0, 0.1) is 0 Å². The highest BCUT2D eigenvalue weighted by atomic mass is 32.2. The van der Waals surface area contributed by atoms with Crippen molar-refractivity contribution in [1.29, 1.82) is 0 Å². The summed E-state index contributed by atoms with van der Waals surface area (Å²) >= 11 is 2.60. The van der Waals surface area contributed by atoms with E-state index in [1.54, 1.807) is 21.1 Å². The molecule has 1 aliphatic rings. The van der Waals surface area contributed by atoms with Crippen molar-refractivity contribution in [3.63, 3.8) is 0 Å². The van der Waals surface area contributed by atoms with Crippen LogP contribution in [0.4, 0.5) is 0 Å². The molecule has 0 fully saturated rings. The molecule has 0 saturated heterocycles. The van der Waals surface area contributed by atoms with Gasteiger partial charge in [-0.1, -0.05) is 24.3 Å². The zero-order valence-corrected chi connectivity index (χ0v) is 20.3. The molecule has 33 heavy (non-hydrogen) atoms. The SMILES string of the molecule is CCOC(=O)C1(CSCc2ccc(OC)cc2)OC(=O)C(O)=C1SCc1ccc(OC)cc1. The minimum absolute atomic E-state index is 0.110. The molecule has 1 heterocycles. The molecule has 0 aromatic heterocycles. The topological polar surface area (TPSA) is 91.3 Å². The van der Waals surface area contributed by atoms with Gasteiger partial charge in [-0.05, 0) is 42.3 Å². The van der Waals surface area contributed by atoms with Gasteiger partial charge in [0.15, 0.2) is 0 Å².